The van der Waals surface area contributed by atoms with Crippen LogP contribution in [0.25, 0.3) is 11.0 Å². The van der Waals surface area contributed by atoms with E-state index in [1.54, 1.807) is 0 Å². The van der Waals surface area contributed by atoms with Crippen molar-refractivity contribution in [2.75, 3.05) is 18.8 Å². The highest BCUT2D eigenvalue weighted by Gasteiger charge is 2.23. The molecule has 3 aromatic rings. The topological polar surface area (TPSA) is 47.1 Å². The largest absolute Gasteiger partial charge is 0.369 e. The molecule has 1 fully saturated rings. The minimum atomic E-state index is 0.453. The molecule has 0 saturated carbocycles. The summed E-state index contributed by atoms with van der Waals surface area (Å²) in [7, 11) is 0. The molecule has 4 nitrogen and oxygen atoms in total. The summed E-state index contributed by atoms with van der Waals surface area (Å²) in [4.78, 5) is 7.03. The van der Waals surface area contributed by atoms with Gasteiger partial charge in [0.2, 0.25) is 5.95 Å². The number of piperidine rings is 1. The third kappa shape index (κ3) is 2.82. The third-order valence-corrected chi connectivity index (χ3v) is 4.79. The zero-order valence-corrected chi connectivity index (χ0v) is 13.2. The molecule has 0 atom stereocenters. The average Bonchev–Trinajstić information content (AvgIpc) is 2.92. The SMILES string of the molecule is Nc1nc2ccccc2n1C1CCN(Cc2ccccc2)CC1. The Bertz CT molecular complexity index is 785. The van der Waals surface area contributed by atoms with Gasteiger partial charge in [0.25, 0.3) is 0 Å². The molecule has 2 heterocycles. The van der Waals surface area contributed by atoms with E-state index < -0.39 is 0 Å². The number of aromatic nitrogens is 2. The van der Waals surface area contributed by atoms with Gasteiger partial charge in [0.1, 0.15) is 0 Å². The van der Waals surface area contributed by atoms with E-state index in [4.69, 9.17) is 5.73 Å². The zero-order chi connectivity index (χ0) is 15.6. The number of likely N-dealkylation sites (tertiary alicyclic amines) is 1. The van der Waals surface area contributed by atoms with Crippen LogP contribution < -0.4 is 5.73 Å². The first-order valence-corrected chi connectivity index (χ1v) is 8.30. The van der Waals surface area contributed by atoms with Crippen LogP contribution in [0.15, 0.2) is 54.6 Å². The van der Waals surface area contributed by atoms with Gasteiger partial charge in [-0.15, -0.1) is 0 Å². The Balaban J connectivity index is 1.48. The lowest BCUT2D eigenvalue weighted by Crippen LogP contribution is -2.34. The Morgan fingerprint density at radius 2 is 1.65 bits per heavy atom. The Labute approximate surface area is 136 Å². The minimum Gasteiger partial charge on any atom is -0.369 e. The van der Waals surface area contributed by atoms with Crippen molar-refractivity contribution in [3.05, 3.63) is 60.2 Å². The number of nitrogen functional groups attached to an aromatic ring is 1. The van der Waals surface area contributed by atoms with Gasteiger partial charge in [0, 0.05) is 25.7 Å². The second-order valence-corrected chi connectivity index (χ2v) is 6.32. The average molecular weight is 306 g/mol. The van der Waals surface area contributed by atoms with E-state index in [9.17, 15) is 0 Å². The highest BCUT2D eigenvalue weighted by atomic mass is 15.2. The molecule has 0 unspecified atom stereocenters. The van der Waals surface area contributed by atoms with Crippen molar-refractivity contribution in [3.63, 3.8) is 0 Å². The van der Waals surface area contributed by atoms with E-state index in [1.165, 1.54) is 5.56 Å². The van der Waals surface area contributed by atoms with Crippen molar-refractivity contribution in [1.82, 2.24) is 14.5 Å². The van der Waals surface area contributed by atoms with Gasteiger partial charge in [0.15, 0.2) is 0 Å². The van der Waals surface area contributed by atoms with Gasteiger partial charge in [-0.05, 0) is 30.5 Å². The number of nitrogens with two attached hydrogens (primary N) is 1. The van der Waals surface area contributed by atoms with E-state index in [0.29, 0.717) is 12.0 Å². The first kappa shape index (κ1) is 14.3. The predicted molar refractivity (Wildman–Crippen MR) is 94.1 cm³/mol. The van der Waals surface area contributed by atoms with Crippen molar-refractivity contribution in [2.24, 2.45) is 0 Å². The molecule has 2 aromatic carbocycles. The second-order valence-electron chi connectivity index (χ2n) is 6.32. The first-order chi connectivity index (χ1) is 11.3. The number of rotatable bonds is 3. The fraction of sp³-hybridized carbons (Fsp3) is 0.316. The number of imidazole rings is 1. The molecule has 4 heteroatoms. The zero-order valence-electron chi connectivity index (χ0n) is 13.2. The van der Waals surface area contributed by atoms with E-state index in [-0.39, 0.29) is 0 Å². The van der Waals surface area contributed by atoms with E-state index in [0.717, 1.165) is 43.5 Å². The Morgan fingerprint density at radius 1 is 0.957 bits per heavy atom. The second kappa shape index (κ2) is 6.05. The van der Waals surface area contributed by atoms with Gasteiger partial charge in [-0.1, -0.05) is 42.5 Å². The first-order valence-electron chi connectivity index (χ1n) is 8.30. The summed E-state index contributed by atoms with van der Waals surface area (Å²) < 4.78 is 2.23. The maximum atomic E-state index is 6.18. The Morgan fingerprint density at radius 3 is 2.43 bits per heavy atom. The summed E-state index contributed by atoms with van der Waals surface area (Å²) in [5, 5.41) is 0. The van der Waals surface area contributed by atoms with Crippen LogP contribution in [0.1, 0.15) is 24.4 Å². The van der Waals surface area contributed by atoms with Crippen LogP contribution in [0.4, 0.5) is 5.95 Å². The van der Waals surface area contributed by atoms with E-state index in [2.05, 4.69) is 56.9 Å². The molecular weight excluding hydrogens is 284 g/mol. The normalized spacial score (nSPS) is 16.9. The maximum absolute atomic E-state index is 6.18. The summed E-state index contributed by atoms with van der Waals surface area (Å²) in [5.41, 5.74) is 9.72. The molecule has 1 aromatic heterocycles. The molecule has 2 N–H and O–H groups in total. The quantitative estimate of drug-likeness (QED) is 0.806. The number of fused-ring (bicyclic) bond motifs is 1. The molecule has 1 aliphatic rings. The van der Waals surface area contributed by atoms with Gasteiger partial charge in [-0.3, -0.25) is 4.90 Å². The Kier molecular flexibility index (Phi) is 3.75. The van der Waals surface area contributed by atoms with Gasteiger partial charge in [0.05, 0.1) is 11.0 Å². The van der Waals surface area contributed by atoms with Gasteiger partial charge >= 0.3 is 0 Å². The lowest BCUT2D eigenvalue weighted by molar-refractivity contribution is 0.182. The van der Waals surface area contributed by atoms with Crippen LogP contribution in [-0.4, -0.2) is 27.5 Å². The number of anilines is 1. The molecule has 0 aliphatic carbocycles. The summed E-state index contributed by atoms with van der Waals surface area (Å²) >= 11 is 0. The molecule has 118 valence electrons. The number of hydrogen-bond donors (Lipinski definition) is 1. The highest BCUT2D eigenvalue weighted by molar-refractivity contribution is 5.78. The van der Waals surface area contributed by atoms with E-state index >= 15 is 0 Å². The number of nitrogens with zero attached hydrogens (tertiary/aromatic N) is 3. The van der Waals surface area contributed by atoms with Crippen LogP contribution in [0, 0.1) is 0 Å². The maximum Gasteiger partial charge on any atom is 0.201 e. The van der Waals surface area contributed by atoms with Crippen LogP contribution >= 0.6 is 0 Å². The van der Waals surface area contributed by atoms with Crippen molar-refractivity contribution < 1.29 is 0 Å². The smallest absolute Gasteiger partial charge is 0.201 e. The Hall–Kier alpha value is -2.33. The molecule has 1 aliphatic heterocycles. The minimum absolute atomic E-state index is 0.453. The standard InChI is InChI=1S/C19H22N4/c20-19-21-17-8-4-5-9-18(17)23(19)16-10-12-22(13-11-16)14-15-6-2-1-3-7-15/h1-9,16H,10-14H2,(H2,20,21). The van der Waals surface area contributed by atoms with Gasteiger partial charge in [-0.2, -0.15) is 0 Å². The lowest BCUT2D eigenvalue weighted by Gasteiger charge is -2.33. The third-order valence-electron chi connectivity index (χ3n) is 4.79. The summed E-state index contributed by atoms with van der Waals surface area (Å²) in [6, 6.07) is 19.4. The van der Waals surface area contributed by atoms with Gasteiger partial charge < -0.3 is 10.3 Å². The van der Waals surface area contributed by atoms with Crippen LogP contribution in [0.3, 0.4) is 0 Å². The van der Waals surface area contributed by atoms with Crippen LogP contribution in [0.2, 0.25) is 0 Å². The molecule has 4 rings (SSSR count). The fourth-order valence-corrected chi connectivity index (χ4v) is 3.62. The molecule has 23 heavy (non-hydrogen) atoms. The predicted octanol–water partition coefficient (Wildman–Crippen LogP) is 3.46. The number of hydrogen-bond acceptors (Lipinski definition) is 3. The molecule has 0 bridgehead atoms. The summed E-state index contributed by atoms with van der Waals surface area (Å²) in [6.07, 6.45) is 2.24. The van der Waals surface area contributed by atoms with Gasteiger partial charge in [-0.25, -0.2) is 4.98 Å². The van der Waals surface area contributed by atoms with Crippen molar-refractivity contribution in [1.29, 1.82) is 0 Å². The lowest BCUT2D eigenvalue weighted by atomic mass is 10.0. The van der Waals surface area contributed by atoms with Crippen molar-refractivity contribution >= 4 is 17.0 Å². The van der Waals surface area contributed by atoms with Crippen LogP contribution in [-0.2, 0) is 6.54 Å². The summed E-state index contributed by atoms with van der Waals surface area (Å²) in [6.45, 7) is 3.24. The highest BCUT2D eigenvalue weighted by Crippen LogP contribution is 2.30. The van der Waals surface area contributed by atoms with Crippen molar-refractivity contribution in [2.45, 2.75) is 25.4 Å². The fourth-order valence-electron chi connectivity index (χ4n) is 3.62. The summed E-state index contributed by atoms with van der Waals surface area (Å²) in [5.74, 6) is 0.646. The van der Waals surface area contributed by atoms with Crippen LogP contribution in [0.5, 0.6) is 0 Å². The monoisotopic (exact) mass is 306 g/mol. The molecule has 0 amide bonds. The number of para-hydroxylation sites is 2. The molecule has 0 spiro atoms. The molecule has 0 radical (unpaired) electrons. The molecular formula is C19H22N4. The van der Waals surface area contributed by atoms with E-state index in [1.807, 2.05) is 12.1 Å². The number of benzene rings is 2. The van der Waals surface area contributed by atoms with Crippen molar-refractivity contribution in [3.8, 4) is 0 Å². The molecule has 1 saturated heterocycles.